The Morgan fingerprint density at radius 2 is 2.00 bits per heavy atom. The molecule has 0 unspecified atom stereocenters. The zero-order chi connectivity index (χ0) is 19.1. The van der Waals surface area contributed by atoms with Crippen LogP contribution in [-0.2, 0) is 9.59 Å². The SMILES string of the molecule is COc1ccc2sc(S[C@@H]3CC(=O)N(c4ccc(Cl)c(Cl)c4)C3=O)nc2c1. The zero-order valence-corrected chi connectivity index (χ0v) is 17.1. The van der Waals surface area contributed by atoms with Crippen molar-refractivity contribution in [3.63, 3.8) is 0 Å². The minimum absolute atomic E-state index is 0.114. The first kappa shape index (κ1) is 18.6. The predicted octanol–water partition coefficient (Wildman–Crippen LogP) is 5.04. The summed E-state index contributed by atoms with van der Waals surface area (Å²) in [7, 11) is 1.60. The van der Waals surface area contributed by atoms with E-state index in [1.54, 1.807) is 19.2 Å². The molecular formula is C18H12Cl2N2O3S2. The molecule has 138 valence electrons. The Bertz CT molecular complexity index is 1070. The van der Waals surface area contributed by atoms with Gasteiger partial charge >= 0.3 is 0 Å². The average molecular weight is 439 g/mol. The highest BCUT2D eigenvalue weighted by molar-refractivity contribution is 8.02. The van der Waals surface area contributed by atoms with Gasteiger partial charge in [0.1, 0.15) is 11.0 Å². The summed E-state index contributed by atoms with van der Waals surface area (Å²) in [4.78, 5) is 30.9. The van der Waals surface area contributed by atoms with Gasteiger partial charge < -0.3 is 4.74 Å². The van der Waals surface area contributed by atoms with Gasteiger partial charge in [-0.25, -0.2) is 9.88 Å². The van der Waals surface area contributed by atoms with Gasteiger partial charge in [0.05, 0.1) is 33.1 Å². The third kappa shape index (κ3) is 3.52. The molecular weight excluding hydrogens is 427 g/mol. The van der Waals surface area contributed by atoms with E-state index in [1.165, 1.54) is 29.2 Å². The molecule has 3 aromatic rings. The van der Waals surface area contributed by atoms with Gasteiger partial charge in [0.15, 0.2) is 4.34 Å². The molecule has 1 aliphatic rings. The molecule has 27 heavy (non-hydrogen) atoms. The van der Waals surface area contributed by atoms with Crippen molar-refractivity contribution in [2.45, 2.75) is 16.0 Å². The van der Waals surface area contributed by atoms with E-state index in [9.17, 15) is 9.59 Å². The van der Waals surface area contributed by atoms with Crippen LogP contribution in [0.3, 0.4) is 0 Å². The molecule has 2 aromatic carbocycles. The van der Waals surface area contributed by atoms with Gasteiger partial charge in [0.2, 0.25) is 11.8 Å². The van der Waals surface area contributed by atoms with E-state index in [2.05, 4.69) is 4.98 Å². The summed E-state index contributed by atoms with van der Waals surface area (Å²) in [6.45, 7) is 0. The number of carbonyl (C=O) groups excluding carboxylic acids is 2. The molecule has 5 nitrogen and oxygen atoms in total. The molecule has 0 aliphatic carbocycles. The lowest BCUT2D eigenvalue weighted by Crippen LogP contribution is -2.31. The van der Waals surface area contributed by atoms with Gasteiger partial charge in [-0.3, -0.25) is 9.59 Å². The summed E-state index contributed by atoms with van der Waals surface area (Å²) >= 11 is 14.7. The van der Waals surface area contributed by atoms with Gasteiger partial charge in [0.25, 0.3) is 0 Å². The first-order valence-electron chi connectivity index (χ1n) is 7.89. The van der Waals surface area contributed by atoms with E-state index in [0.717, 1.165) is 25.2 Å². The smallest absolute Gasteiger partial charge is 0.247 e. The van der Waals surface area contributed by atoms with E-state index < -0.39 is 5.25 Å². The first-order valence-corrected chi connectivity index (χ1v) is 10.3. The number of anilines is 1. The number of ether oxygens (including phenoxy) is 1. The number of hydrogen-bond donors (Lipinski definition) is 0. The number of fused-ring (bicyclic) bond motifs is 1. The number of rotatable bonds is 4. The Morgan fingerprint density at radius 3 is 2.74 bits per heavy atom. The maximum atomic E-state index is 12.8. The van der Waals surface area contributed by atoms with Crippen molar-refractivity contribution in [3.8, 4) is 5.75 Å². The molecule has 9 heteroatoms. The van der Waals surface area contributed by atoms with Crippen LogP contribution >= 0.6 is 46.3 Å². The largest absolute Gasteiger partial charge is 0.497 e. The normalized spacial score (nSPS) is 17.1. The lowest BCUT2D eigenvalue weighted by molar-refractivity contribution is -0.121. The van der Waals surface area contributed by atoms with Crippen molar-refractivity contribution in [1.29, 1.82) is 0 Å². The Kier molecular flexibility index (Phi) is 5.03. The third-order valence-corrected chi connectivity index (χ3v) is 7.14. The minimum Gasteiger partial charge on any atom is -0.497 e. The van der Waals surface area contributed by atoms with Crippen LogP contribution in [0.1, 0.15) is 6.42 Å². The molecule has 1 aliphatic heterocycles. The number of carbonyl (C=O) groups is 2. The van der Waals surface area contributed by atoms with Crippen molar-refractivity contribution in [2.75, 3.05) is 12.0 Å². The van der Waals surface area contributed by atoms with Crippen LogP contribution in [0, 0.1) is 0 Å². The Morgan fingerprint density at radius 1 is 1.19 bits per heavy atom. The molecule has 0 N–H and O–H groups in total. The van der Waals surface area contributed by atoms with Crippen LogP contribution in [-0.4, -0.2) is 29.2 Å². The molecule has 1 aromatic heterocycles. The number of thiazole rings is 1. The van der Waals surface area contributed by atoms with Crippen molar-refractivity contribution in [1.82, 2.24) is 4.98 Å². The van der Waals surface area contributed by atoms with E-state index in [0.29, 0.717) is 15.7 Å². The second-order valence-corrected chi connectivity index (χ2v) is 9.08. The highest BCUT2D eigenvalue weighted by atomic mass is 35.5. The number of halogens is 2. The number of thioether (sulfide) groups is 1. The van der Waals surface area contributed by atoms with Crippen molar-refractivity contribution in [2.24, 2.45) is 0 Å². The number of benzene rings is 2. The summed E-state index contributed by atoms with van der Waals surface area (Å²) in [5.74, 6) is 0.182. The fourth-order valence-corrected chi connectivity index (χ4v) is 5.38. The zero-order valence-electron chi connectivity index (χ0n) is 13.9. The van der Waals surface area contributed by atoms with E-state index >= 15 is 0 Å². The Labute approximate surface area is 173 Å². The molecule has 1 saturated heterocycles. The van der Waals surface area contributed by atoms with Gasteiger partial charge in [-0.15, -0.1) is 11.3 Å². The quantitative estimate of drug-likeness (QED) is 0.534. The summed E-state index contributed by atoms with van der Waals surface area (Å²) in [5.41, 5.74) is 1.23. The molecule has 1 fully saturated rings. The molecule has 1 atom stereocenters. The number of methoxy groups -OCH3 is 1. The van der Waals surface area contributed by atoms with E-state index in [-0.39, 0.29) is 18.2 Å². The second kappa shape index (κ2) is 7.31. The average Bonchev–Trinajstić information content (AvgIpc) is 3.17. The molecule has 0 saturated carbocycles. The minimum atomic E-state index is -0.519. The number of hydrogen-bond acceptors (Lipinski definition) is 6. The highest BCUT2D eigenvalue weighted by Gasteiger charge is 2.40. The van der Waals surface area contributed by atoms with Gasteiger partial charge in [-0.05, 0) is 30.3 Å². The summed E-state index contributed by atoms with van der Waals surface area (Å²) in [6.07, 6.45) is 0.114. The standard InChI is InChI=1S/C18H12Cl2N2O3S2/c1-25-10-3-5-14-13(7-10)21-18(26-14)27-15-8-16(23)22(17(15)24)9-2-4-11(19)12(20)6-9/h2-7,15H,8H2,1H3/t15-/m1/s1. The lowest BCUT2D eigenvalue weighted by atomic mass is 10.3. The summed E-state index contributed by atoms with van der Waals surface area (Å²) in [6, 6.07) is 10.4. The van der Waals surface area contributed by atoms with Crippen molar-refractivity contribution >= 4 is 74.0 Å². The van der Waals surface area contributed by atoms with Gasteiger partial charge in [0, 0.05) is 12.5 Å². The molecule has 2 amide bonds. The predicted molar refractivity (Wildman–Crippen MR) is 109 cm³/mol. The third-order valence-electron chi connectivity index (χ3n) is 4.08. The monoisotopic (exact) mass is 438 g/mol. The summed E-state index contributed by atoms with van der Waals surface area (Å²) < 4.78 is 6.94. The van der Waals surface area contributed by atoms with Gasteiger partial charge in [-0.1, -0.05) is 35.0 Å². The maximum absolute atomic E-state index is 12.8. The summed E-state index contributed by atoms with van der Waals surface area (Å²) in [5, 5.41) is 0.149. The van der Waals surface area contributed by atoms with Crippen LogP contribution in [0.2, 0.25) is 10.0 Å². The highest BCUT2D eigenvalue weighted by Crippen LogP contribution is 2.39. The Hall–Kier alpha value is -1.80. The second-order valence-electron chi connectivity index (χ2n) is 5.79. The topological polar surface area (TPSA) is 59.5 Å². The number of amides is 2. The van der Waals surface area contributed by atoms with Crippen molar-refractivity contribution in [3.05, 3.63) is 46.4 Å². The van der Waals surface area contributed by atoms with Crippen LogP contribution in [0.4, 0.5) is 5.69 Å². The van der Waals surface area contributed by atoms with Crippen LogP contribution in [0.5, 0.6) is 5.75 Å². The lowest BCUT2D eigenvalue weighted by Gasteiger charge is -2.15. The van der Waals surface area contributed by atoms with Crippen molar-refractivity contribution < 1.29 is 14.3 Å². The number of aromatic nitrogens is 1. The number of imide groups is 1. The fraction of sp³-hybridized carbons (Fsp3) is 0.167. The fourth-order valence-electron chi connectivity index (χ4n) is 2.78. The maximum Gasteiger partial charge on any atom is 0.247 e. The van der Waals surface area contributed by atoms with E-state index in [1.807, 2.05) is 18.2 Å². The van der Waals surface area contributed by atoms with Crippen LogP contribution < -0.4 is 9.64 Å². The molecule has 0 radical (unpaired) electrons. The van der Waals surface area contributed by atoms with Gasteiger partial charge in [-0.2, -0.15) is 0 Å². The van der Waals surface area contributed by atoms with Crippen LogP contribution in [0.15, 0.2) is 40.7 Å². The molecule has 0 spiro atoms. The van der Waals surface area contributed by atoms with E-state index in [4.69, 9.17) is 27.9 Å². The van der Waals surface area contributed by atoms with Crippen LogP contribution in [0.25, 0.3) is 10.2 Å². The number of nitrogens with zero attached hydrogens (tertiary/aromatic N) is 2. The molecule has 2 heterocycles. The molecule has 4 rings (SSSR count). The molecule has 0 bridgehead atoms. The Balaban J connectivity index is 1.57. The first-order chi connectivity index (χ1) is 13.0.